The van der Waals surface area contributed by atoms with Crippen LogP contribution in [0.2, 0.25) is 0 Å². The highest BCUT2D eigenvalue weighted by molar-refractivity contribution is 7.09. The Morgan fingerprint density at radius 1 is 1.14 bits per heavy atom. The smallest absolute Gasteiger partial charge is 0.340 e. The van der Waals surface area contributed by atoms with E-state index in [9.17, 15) is 19.2 Å². The molecule has 1 aromatic carbocycles. The maximum atomic E-state index is 12.9. The molecule has 0 bridgehead atoms. The number of aromatic nitrogens is 1. The Bertz CT molecular complexity index is 1100. The second-order valence-electron chi connectivity index (χ2n) is 9.14. The number of hydrogen-bond acceptors (Lipinski definition) is 7. The van der Waals surface area contributed by atoms with Crippen LogP contribution in [0.25, 0.3) is 0 Å². The third-order valence-corrected chi connectivity index (χ3v) is 7.28. The second kappa shape index (κ2) is 10.5. The molecule has 11 heteroatoms. The van der Waals surface area contributed by atoms with Gasteiger partial charge in [0.25, 0.3) is 11.8 Å². The number of aryl methyl sites for hydroxylation is 2. The normalized spacial score (nSPS) is 20.7. The van der Waals surface area contributed by atoms with Crippen LogP contribution in [0.15, 0.2) is 35.7 Å². The molecule has 4 rings (SSSR count). The summed E-state index contributed by atoms with van der Waals surface area (Å²) in [4.78, 5) is 58.5. The number of piperazine rings is 1. The molecule has 0 radical (unpaired) electrons. The zero-order valence-electron chi connectivity index (χ0n) is 20.0. The lowest BCUT2D eigenvalue weighted by atomic mass is 9.93. The van der Waals surface area contributed by atoms with Crippen molar-refractivity contribution in [2.45, 2.75) is 38.6 Å². The fourth-order valence-electron chi connectivity index (χ4n) is 4.24. The minimum absolute atomic E-state index is 0.0255. The van der Waals surface area contributed by atoms with Crippen LogP contribution in [0.5, 0.6) is 0 Å². The number of urea groups is 1. The summed E-state index contributed by atoms with van der Waals surface area (Å²) in [5.41, 5.74) is 3.35. The molecular formula is C24H30N6O4S. The molecular weight excluding hydrogens is 468 g/mol. The Morgan fingerprint density at radius 3 is 2.51 bits per heavy atom. The first-order valence-corrected chi connectivity index (χ1v) is 12.5. The van der Waals surface area contributed by atoms with Crippen LogP contribution in [0, 0.1) is 6.92 Å². The Hall–Kier alpha value is -3.31. The van der Waals surface area contributed by atoms with Gasteiger partial charge in [0.2, 0.25) is 5.91 Å². The molecule has 2 N–H and O–H groups in total. The standard InChI is InChI=1S/C24H30N6O4S/c1-17-16-35-20(25-17)14-21(32)29-12-10-28(11-13-29)15-19(31)27-30-22(33)24(2,26-23(30)34)9-8-18-6-4-3-5-7-18/h3-7,16H,8-15H2,1-2H3,(H,26,34)(H,27,31). The number of nitrogens with one attached hydrogen (secondary N) is 2. The van der Waals surface area contributed by atoms with Crippen LogP contribution in [-0.2, 0) is 27.2 Å². The van der Waals surface area contributed by atoms with Gasteiger partial charge in [-0.3, -0.25) is 24.7 Å². The van der Waals surface area contributed by atoms with E-state index < -0.39 is 23.4 Å². The number of carbonyl (C=O) groups is 4. The maximum Gasteiger partial charge on any atom is 0.344 e. The number of nitrogens with zero attached hydrogens (tertiary/aromatic N) is 4. The third-order valence-electron chi connectivity index (χ3n) is 6.32. The average molecular weight is 499 g/mol. The highest BCUT2D eigenvalue weighted by atomic mass is 32.1. The van der Waals surface area contributed by atoms with E-state index in [4.69, 9.17) is 0 Å². The van der Waals surface area contributed by atoms with E-state index in [-0.39, 0.29) is 18.9 Å². The SMILES string of the molecule is Cc1csc(CC(=O)N2CCN(CC(=O)NN3C(=O)NC(C)(CCc4ccccc4)C3=O)CC2)n1. The van der Waals surface area contributed by atoms with E-state index in [0.29, 0.717) is 39.0 Å². The minimum atomic E-state index is -1.08. The molecule has 2 aliphatic heterocycles. The zero-order valence-corrected chi connectivity index (χ0v) is 20.8. The van der Waals surface area contributed by atoms with Crippen LogP contribution in [-0.4, -0.2) is 81.8 Å². The summed E-state index contributed by atoms with van der Waals surface area (Å²) in [6.45, 7) is 5.69. The van der Waals surface area contributed by atoms with Gasteiger partial charge in [-0.25, -0.2) is 9.78 Å². The molecule has 35 heavy (non-hydrogen) atoms. The fraction of sp³-hybridized carbons (Fsp3) is 0.458. The van der Waals surface area contributed by atoms with E-state index in [0.717, 1.165) is 21.3 Å². The number of thiazole rings is 1. The van der Waals surface area contributed by atoms with Crippen molar-refractivity contribution in [2.24, 2.45) is 0 Å². The molecule has 1 unspecified atom stereocenters. The quantitative estimate of drug-likeness (QED) is 0.527. The van der Waals surface area contributed by atoms with Gasteiger partial charge < -0.3 is 10.2 Å². The summed E-state index contributed by atoms with van der Waals surface area (Å²) in [5.74, 6) is -0.893. The third kappa shape index (κ3) is 6.04. The molecule has 2 aromatic rings. The predicted molar refractivity (Wildman–Crippen MR) is 130 cm³/mol. The van der Waals surface area contributed by atoms with Gasteiger partial charge in [0.1, 0.15) is 10.5 Å². The van der Waals surface area contributed by atoms with Gasteiger partial charge in [-0.2, -0.15) is 5.01 Å². The van der Waals surface area contributed by atoms with Crippen LogP contribution >= 0.6 is 11.3 Å². The van der Waals surface area contributed by atoms with Crippen molar-refractivity contribution in [1.82, 2.24) is 30.5 Å². The Morgan fingerprint density at radius 2 is 1.86 bits per heavy atom. The molecule has 10 nitrogen and oxygen atoms in total. The summed E-state index contributed by atoms with van der Waals surface area (Å²) >= 11 is 1.48. The first-order valence-electron chi connectivity index (χ1n) is 11.6. The molecule has 186 valence electrons. The van der Waals surface area contributed by atoms with Gasteiger partial charge in [-0.1, -0.05) is 30.3 Å². The molecule has 0 spiro atoms. The topological polar surface area (TPSA) is 115 Å². The van der Waals surface area contributed by atoms with Crippen molar-refractivity contribution in [1.29, 1.82) is 0 Å². The van der Waals surface area contributed by atoms with Crippen LogP contribution in [0.3, 0.4) is 0 Å². The summed E-state index contributed by atoms with van der Waals surface area (Å²) in [7, 11) is 0. The number of rotatable bonds is 8. The second-order valence-corrected chi connectivity index (χ2v) is 10.1. The molecule has 2 saturated heterocycles. The number of amides is 5. The van der Waals surface area contributed by atoms with Gasteiger partial charge in [-0.05, 0) is 32.3 Å². The summed E-state index contributed by atoms with van der Waals surface area (Å²) in [6.07, 6.45) is 1.33. The van der Waals surface area contributed by atoms with E-state index in [1.165, 1.54) is 11.3 Å². The van der Waals surface area contributed by atoms with Gasteiger partial charge >= 0.3 is 6.03 Å². The molecule has 1 aromatic heterocycles. The van der Waals surface area contributed by atoms with Crippen LogP contribution < -0.4 is 10.7 Å². The number of benzene rings is 1. The Balaban J connectivity index is 1.23. The van der Waals surface area contributed by atoms with Crippen molar-refractivity contribution in [3.63, 3.8) is 0 Å². The van der Waals surface area contributed by atoms with E-state index in [1.54, 1.807) is 11.8 Å². The minimum Gasteiger partial charge on any atom is -0.340 e. The molecule has 0 saturated carbocycles. The first kappa shape index (κ1) is 24.8. The average Bonchev–Trinajstić information content (AvgIpc) is 3.34. The highest BCUT2D eigenvalue weighted by Gasteiger charge is 2.48. The maximum absolute atomic E-state index is 12.9. The first-order chi connectivity index (χ1) is 16.7. The lowest BCUT2D eigenvalue weighted by Gasteiger charge is -2.34. The van der Waals surface area contributed by atoms with Crippen molar-refractivity contribution in [3.05, 3.63) is 52.0 Å². The number of carbonyl (C=O) groups excluding carboxylic acids is 4. The lowest BCUT2D eigenvalue weighted by molar-refractivity contribution is -0.139. The van der Waals surface area contributed by atoms with E-state index >= 15 is 0 Å². The predicted octanol–water partition coefficient (Wildman–Crippen LogP) is 1.11. The fourth-order valence-corrected chi connectivity index (χ4v) is 5.00. The van der Waals surface area contributed by atoms with Gasteiger partial charge in [0.05, 0.1) is 13.0 Å². The van der Waals surface area contributed by atoms with Crippen LogP contribution in [0.1, 0.15) is 29.6 Å². The molecule has 1 atom stereocenters. The highest BCUT2D eigenvalue weighted by Crippen LogP contribution is 2.22. The lowest BCUT2D eigenvalue weighted by Crippen LogP contribution is -2.54. The molecule has 2 aliphatic rings. The van der Waals surface area contributed by atoms with Gasteiger partial charge in [0, 0.05) is 37.3 Å². The Labute approximate surface area is 208 Å². The summed E-state index contributed by atoms with van der Waals surface area (Å²) in [6, 6.07) is 9.08. The number of imide groups is 1. The van der Waals surface area contributed by atoms with E-state index in [1.807, 2.05) is 47.5 Å². The van der Waals surface area contributed by atoms with E-state index in [2.05, 4.69) is 15.7 Å². The number of hydrazine groups is 1. The van der Waals surface area contributed by atoms with Crippen molar-refractivity contribution in [3.8, 4) is 0 Å². The largest absolute Gasteiger partial charge is 0.344 e. The van der Waals surface area contributed by atoms with Crippen molar-refractivity contribution >= 4 is 35.1 Å². The molecule has 0 aliphatic carbocycles. The van der Waals surface area contributed by atoms with Crippen molar-refractivity contribution < 1.29 is 19.2 Å². The molecule has 5 amide bonds. The van der Waals surface area contributed by atoms with Gasteiger partial charge in [0.15, 0.2) is 0 Å². The van der Waals surface area contributed by atoms with Crippen molar-refractivity contribution in [2.75, 3.05) is 32.7 Å². The summed E-state index contributed by atoms with van der Waals surface area (Å²) in [5, 5.41) is 6.22. The van der Waals surface area contributed by atoms with Gasteiger partial charge in [-0.15, -0.1) is 11.3 Å². The number of hydrogen-bond donors (Lipinski definition) is 2. The molecule has 3 heterocycles. The molecule has 2 fully saturated rings. The van der Waals surface area contributed by atoms with Crippen LogP contribution in [0.4, 0.5) is 4.79 Å². The zero-order chi connectivity index (χ0) is 25.0. The summed E-state index contributed by atoms with van der Waals surface area (Å²) < 4.78 is 0. The monoisotopic (exact) mass is 498 g/mol. The Kier molecular flexibility index (Phi) is 7.46.